The lowest BCUT2D eigenvalue weighted by Gasteiger charge is -2.09. The first-order valence-electron chi connectivity index (χ1n) is 6.37. The third-order valence-electron chi connectivity index (χ3n) is 2.96. The van der Waals surface area contributed by atoms with Crippen LogP contribution in [0.15, 0.2) is 30.3 Å². The smallest absolute Gasteiger partial charge is 0.339 e. The molecule has 0 spiro atoms. The van der Waals surface area contributed by atoms with Gasteiger partial charge >= 0.3 is 5.97 Å². The minimum absolute atomic E-state index is 0.251. The van der Waals surface area contributed by atoms with Crippen molar-refractivity contribution in [3.8, 4) is 23.0 Å². The number of rotatable bonds is 3. The molecular formula is C15H11NO8. The van der Waals surface area contributed by atoms with E-state index in [0.717, 1.165) is 30.3 Å². The van der Waals surface area contributed by atoms with Crippen LogP contribution >= 0.6 is 0 Å². The fourth-order valence-electron chi connectivity index (χ4n) is 1.92. The van der Waals surface area contributed by atoms with Gasteiger partial charge in [-0.15, -0.1) is 0 Å². The average molecular weight is 333 g/mol. The van der Waals surface area contributed by atoms with E-state index in [2.05, 4.69) is 0 Å². The van der Waals surface area contributed by atoms with Crippen LogP contribution in [0.4, 0.5) is 0 Å². The third kappa shape index (κ3) is 3.35. The van der Waals surface area contributed by atoms with Crippen LogP contribution in [0.1, 0.15) is 31.1 Å². The molecule has 0 aliphatic heterocycles. The molecule has 0 heterocycles. The lowest BCUT2D eigenvalue weighted by Crippen LogP contribution is -2.30. The lowest BCUT2D eigenvalue weighted by atomic mass is 10.1. The number of phenolic OH excluding ortho intramolecular Hbond substituents is 3. The monoisotopic (exact) mass is 333 g/mol. The van der Waals surface area contributed by atoms with Crippen molar-refractivity contribution in [1.82, 2.24) is 5.32 Å². The summed E-state index contributed by atoms with van der Waals surface area (Å²) in [5, 5.41) is 48.6. The fourth-order valence-corrected chi connectivity index (χ4v) is 1.92. The summed E-state index contributed by atoms with van der Waals surface area (Å²) < 4.78 is 0. The van der Waals surface area contributed by atoms with Crippen LogP contribution in [-0.2, 0) is 0 Å². The van der Waals surface area contributed by atoms with Gasteiger partial charge in [0.1, 0.15) is 28.6 Å². The molecule has 124 valence electrons. The van der Waals surface area contributed by atoms with E-state index in [1.807, 2.05) is 5.32 Å². The second-order valence-corrected chi connectivity index (χ2v) is 4.72. The van der Waals surface area contributed by atoms with E-state index in [9.17, 15) is 34.8 Å². The first kappa shape index (κ1) is 16.6. The van der Waals surface area contributed by atoms with E-state index < -0.39 is 51.9 Å². The van der Waals surface area contributed by atoms with Crippen molar-refractivity contribution in [3.05, 3.63) is 47.0 Å². The van der Waals surface area contributed by atoms with Crippen LogP contribution in [0.3, 0.4) is 0 Å². The number of hydrogen-bond donors (Lipinski definition) is 6. The van der Waals surface area contributed by atoms with Crippen molar-refractivity contribution >= 4 is 17.8 Å². The maximum Gasteiger partial charge on any atom is 0.339 e. The van der Waals surface area contributed by atoms with Gasteiger partial charge in [0.15, 0.2) is 0 Å². The summed E-state index contributed by atoms with van der Waals surface area (Å²) in [6.07, 6.45) is 0. The van der Waals surface area contributed by atoms with Gasteiger partial charge < -0.3 is 25.5 Å². The molecule has 9 heteroatoms. The number of carbonyl (C=O) groups excluding carboxylic acids is 2. The zero-order valence-corrected chi connectivity index (χ0v) is 11.8. The number of carboxylic acids is 1. The number of benzene rings is 2. The topological polar surface area (TPSA) is 164 Å². The Morgan fingerprint density at radius 2 is 1.21 bits per heavy atom. The van der Waals surface area contributed by atoms with Gasteiger partial charge in [-0.3, -0.25) is 14.9 Å². The van der Waals surface area contributed by atoms with E-state index >= 15 is 0 Å². The van der Waals surface area contributed by atoms with Crippen molar-refractivity contribution in [2.45, 2.75) is 0 Å². The predicted molar refractivity (Wildman–Crippen MR) is 78.3 cm³/mol. The van der Waals surface area contributed by atoms with Gasteiger partial charge in [0.2, 0.25) is 0 Å². The van der Waals surface area contributed by atoms with Gasteiger partial charge in [0.25, 0.3) is 11.8 Å². The van der Waals surface area contributed by atoms with Crippen LogP contribution < -0.4 is 5.32 Å². The standard InChI is InChI=1S/C15H11NO8/c17-7-1-6(2-8(18)3-7)13(21)16-14(22)10-4-9(19)5-11(12(10)20)15(23)24/h1-5,17-20H,(H,23,24)(H,16,21,22). The Labute approximate surface area is 134 Å². The highest BCUT2D eigenvalue weighted by Crippen LogP contribution is 2.28. The average Bonchev–Trinajstić information content (AvgIpc) is 2.47. The number of phenols is 4. The van der Waals surface area contributed by atoms with Gasteiger partial charge in [-0.25, -0.2) is 4.79 Å². The fraction of sp³-hybridized carbons (Fsp3) is 0. The zero-order chi connectivity index (χ0) is 18.0. The SMILES string of the molecule is O=C(NC(=O)c1cc(O)cc(C(=O)O)c1O)c1cc(O)cc(O)c1. The van der Waals surface area contributed by atoms with Crippen LogP contribution in [-0.4, -0.2) is 43.3 Å². The normalized spacial score (nSPS) is 10.2. The molecule has 2 aromatic rings. The molecule has 9 nitrogen and oxygen atoms in total. The summed E-state index contributed by atoms with van der Waals surface area (Å²) in [5.74, 6) is -6.14. The summed E-state index contributed by atoms with van der Waals surface area (Å²) in [7, 11) is 0. The summed E-state index contributed by atoms with van der Waals surface area (Å²) in [4.78, 5) is 34.9. The molecule has 0 saturated heterocycles. The van der Waals surface area contributed by atoms with Crippen LogP contribution in [0.25, 0.3) is 0 Å². The molecule has 2 aromatic carbocycles. The molecule has 24 heavy (non-hydrogen) atoms. The molecule has 2 rings (SSSR count). The van der Waals surface area contributed by atoms with Gasteiger partial charge in [-0.05, 0) is 24.3 Å². The van der Waals surface area contributed by atoms with Crippen molar-refractivity contribution in [1.29, 1.82) is 0 Å². The van der Waals surface area contributed by atoms with E-state index in [4.69, 9.17) is 5.11 Å². The Kier molecular flexibility index (Phi) is 4.27. The highest BCUT2D eigenvalue weighted by molar-refractivity contribution is 6.12. The van der Waals surface area contributed by atoms with Gasteiger partial charge in [-0.2, -0.15) is 0 Å². The summed E-state index contributed by atoms with van der Waals surface area (Å²) in [6, 6.07) is 4.45. The Morgan fingerprint density at radius 3 is 1.75 bits per heavy atom. The number of carbonyl (C=O) groups is 3. The van der Waals surface area contributed by atoms with Crippen LogP contribution in [0, 0.1) is 0 Å². The second-order valence-electron chi connectivity index (χ2n) is 4.72. The molecule has 0 aliphatic carbocycles. The van der Waals surface area contributed by atoms with Crippen molar-refractivity contribution in [2.75, 3.05) is 0 Å². The summed E-state index contributed by atoms with van der Waals surface area (Å²) >= 11 is 0. The molecule has 6 N–H and O–H groups in total. The summed E-state index contributed by atoms with van der Waals surface area (Å²) in [5.41, 5.74) is -1.60. The number of aromatic hydroxyl groups is 4. The number of aromatic carboxylic acids is 1. The molecular weight excluding hydrogens is 322 g/mol. The number of amides is 2. The van der Waals surface area contributed by atoms with E-state index in [0.29, 0.717) is 0 Å². The van der Waals surface area contributed by atoms with Gasteiger partial charge in [0.05, 0.1) is 5.56 Å². The second kappa shape index (κ2) is 6.16. The quantitative estimate of drug-likeness (QED) is 0.354. The molecule has 0 saturated carbocycles. The van der Waals surface area contributed by atoms with E-state index in [1.54, 1.807) is 0 Å². The Balaban J connectivity index is 2.33. The summed E-state index contributed by atoms with van der Waals surface area (Å²) in [6.45, 7) is 0. The third-order valence-corrected chi connectivity index (χ3v) is 2.96. The Morgan fingerprint density at radius 1 is 0.708 bits per heavy atom. The van der Waals surface area contributed by atoms with E-state index in [-0.39, 0.29) is 5.56 Å². The van der Waals surface area contributed by atoms with Gasteiger partial charge in [-0.1, -0.05) is 0 Å². The largest absolute Gasteiger partial charge is 0.508 e. The first-order valence-corrected chi connectivity index (χ1v) is 6.37. The number of imide groups is 1. The van der Waals surface area contributed by atoms with E-state index in [1.165, 1.54) is 0 Å². The maximum atomic E-state index is 12.0. The first-order chi connectivity index (χ1) is 11.2. The van der Waals surface area contributed by atoms with Crippen molar-refractivity contribution in [3.63, 3.8) is 0 Å². The molecule has 0 aliphatic rings. The number of hydrogen-bond acceptors (Lipinski definition) is 7. The number of nitrogens with one attached hydrogen (secondary N) is 1. The number of carboxylic acid groups (broad SMARTS) is 1. The van der Waals surface area contributed by atoms with Crippen LogP contribution in [0.2, 0.25) is 0 Å². The molecule has 0 aromatic heterocycles. The van der Waals surface area contributed by atoms with Crippen molar-refractivity contribution in [2.24, 2.45) is 0 Å². The highest BCUT2D eigenvalue weighted by Gasteiger charge is 2.22. The minimum Gasteiger partial charge on any atom is -0.508 e. The molecule has 0 atom stereocenters. The highest BCUT2D eigenvalue weighted by atomic mass is 16.4. The molecule has 0 radical (unpaired) electrons. The Hall–Kier alpha value is -3.75. The van der Waals surface area contributed by atoms with Crippen LogP contribution in [0.5, 0.6) is 23.0 Å². The lowest BCUT2D eigenvalue weighted by molar-refractivity contribution is 0.0693. The zero-order valence-electron chi connectivity index (χ0n) is 11.8. The minimum atomic E-state index is -1.58. The molecule has 2 amide bonds. The molecule has 0 unspecified atom stereocenters. The maximum absolute atomic E-state index is 12.0. The Bertz CT molecular complexity index is 839. The van der Waals surface area contributed by atoms with Crippen molar-refractivity contribution < 1.29 is 39.9 Å². The molecule has 0 fully saturated rings. The van der Waals surface area contributed by atoms with Gasteiger partial charge in [0, 0.05) is 11.6 Å². The molecule has 0 bridgehead atoms. The predicted octanol–water partition coefficient (Wildman–Crippen LogP) is 0.777.